The van der Waals surface area contributed by atoms with E-state index in [2.05, 4.69) is 14.5 Å². The zero-order valence-electron chi connectivity index (χ0n) is 8.73. The predicted octanol–water partition coefficient (Wildman–Crippen LogP) is 0.889. The van der Waals surface area contributed by atoms with Crippen molar-refractivity contribution in [1.82, 2.24) is 14.5 Å². The van der Waals surface area contributed by atoms with Gasteiger partial charge < -0.3 is 5.73 Å². The Labute approximate surface area is 103 Å². The van der Waals surface area contributed by atoms with Crippen molar-refractivity contribution >= 4 is 29.0 Å². The maximum atomic E-state index is 11.0. The van der Waals surface area contributed by atoms with Crippen LogP contribution < -0.4 is 5.73 Å². The second-order valence-corrected chi connectivity index (χ2v) is 5.30. The van der Waals surface area contributed by atoms with Crippen molar-refractivity contribution in [3.8, 4) is 0 Å². The van der Waals surface area contributed by atoms with E-state index in [1.54, 1.807) is 0 Å². The molecule has 1 amide bonds. The van der Waals surface area contributed by atoms with E-state index in [1.807, 2.05) is 0 Å². The molecule has 0 unspecified atom stereocenters. The monoisotopic (exact) mass is 260 g/mol. The summed E-state index contributed by atoms with van der Waals surface area (Å²) >= 11 is 7.13. The Morgan fingerprint density at radius 3 is 2.75 bits per heavy atom. The summed E-state index contributed by atoms with van der Waals surface area (Å²) in [5.41, 5.74) is 6.10. The third-order valence-electron chi connectivity index (χ3n) is 2.87. The van der Waals surface area contributed by atoms with E-state index in [1.165, 1.54) is 11.5 Å². The molecule has 2 N–H and O–H groups in total. The number of nitrogens with two attached hydrogens (primary N) is 1. The molecule has 0 atom stereocenters. The maximum Gasteiger partial charge on any atom is 0.220 e. The third kappa shape index (κ3) is 2.69. The van der Waals surface area contributed by atoms with Crippen molar-refractivity contribution in [2.45, 2.75) is 19.4 Å². The Balaban J connectivity index is 1.86. The van der Waals surface area contributed by atoms with Crippen LogP contribution in [-0.4, -0.2) is 33.5 Å². The Morgan fingerprint density at radius 2 is 2.25 bits per heavy atom. The van der Waals surface area contributed by atoms with Crippen LogP contribution in [0.15, 0.2) is 0 Å². The zero-order valence-corrected chi connectivity index (χ0v) is 10.3. The van der Waals surface area contributed by atoms with Gasteiger partial charge in [-0.2, -0.15) is 0 Å². The smallest absolute Gasteiger partial charge is 0.220 e. The zero-order chi connectivity index (χ0) is 11.5. The number of hydrogen-bond acceptors (Lipinski definition) is 5. The number of halogens is 1. The molecule has 1 fully saturated rings. The van der Waals surface area contributed by atoms with Gasteiger partial charge in [-0.25, -0.2) is 0 Å². The molecule has 0 saturated carbocycles. The first-order valence-corrected chi connectivity index (χ1v) is 6.30. The second kappa shape index (κ2) is 5.07. The lowest BCUT2D eigenvalue weighted by Crippen LogP contribution is -2.38. The summed E-state index contributed by atoms with van der Waals surface area (Å²) in [6.07, 6.45) is 1.65. The van der Waals surface area contributed by atoms with Crippen LogP contribution in [0, 0.1) is 5.92 Å². The maximum absolute atomic E-state index is 11.0. The molecular weight excluding hydrogens is 248 g/mol. The minimum Gasteiger partial charge on any atom is -0.369 e. The Morgan fingerprint density at radius 1 is 1.56 bits per heavy atom. The lowest BCUT2D eigenvalue weighted by Gasteiger charge is -2.29. The van der Waals surface area contributed by atoms with Gasteiger partial charge in [-0.1, -0.05) is 16.1 Å². The van der Waals surface area contributed by atoms with Gasteiger partial charge in [0.1, 0.15) is 10.0 Å². The van der Waals surface area contributed by atoms with Gasteiger partial charge in [0.05, 0.1) is 0 Å². The summed E-state index contributed by atoms with van der Waals surface area (Å²) < 4.78 is 4.44. The summed E-state index contributed by atoms with van der Waals surface area (Å²) in [6.45, 7) is 2.43. The number of carbonyl (C=O) groups is 1. The summed E-state index contributed by atoms with van der Waals surface area (Å²) in [4.78, 5) is 13.2. The number of hydrogen-bond donors (Lipinski definition) is 1. The van der Waals surface area contributed by atoms with Gasteiger partial charge in [-0.05, 0) is 25.9 Å². The lowest BCUT2D eigenvalue weighted by atomic mass is 9.96. The van der Waals surface area contributed by atoms with Crippen LogP contribution in [0.2, 0.25) is 4.34 Å². The number of amides is 1. The average molecular weight is 261 g/mol. The Hall–Kier alpha value is -0.720. The van der Waals surface area contributed by atoms with Crippen molar-refractivity contribution < 1.29 is 4.79 Å². The first kappa shape index (κ1) is 11.8. The highest BCUT2D eigenvalue weighted by Gasteiger charge is 2.23. The Kier molecular flexibility index (Phi) is 3.73. The lowest BCUT2D eigenvalue weighted by molar-refractivity contribution is -0.123. The molecule has 2 rings (SSSR count). The Bertz CT molecular complexity index is 375. The topological polar surface area (TPSA) is 72.1 Å². The number of carbonyl (C=O) groups excluding carboxylic acids is 1. The van der Waals surface area contributed by atoms with Gasteiger partial charge in [0, 0.05) is 24.0 Å². The van der Waals surface area contributed by atoms with Gasteiger partial charge in [-0.3, -0.25) is 9.69 Å². The van der Waals surface area contributed by atoms with Crippen LogP contribution >= 0.6 is 23.1 Å². The van der Waals surface area contributed by atoms with Gasteiger partial charge in [-0.15, -0.1) is 5.10 Å². The van der Waals surface area contributed by atoms with Gasteiger partial charge in [0.15, 0.2) is 0 Å². The fourth-order valence-corrected chi connectivity index (χ4v) is 2.49. The number of rotatable bonds is 3. The van der Waals surface area contributed by atoms with Crippen LogP contribution in [-0.2, 0) is 11.3 Å². The first-order valence-electron chi connectivity index (χ1n) is 5.15. The predicted molar refractivity (Wildman–Crippen MR) is 62.1 cm³/mol. The van der Waals surface area contributed by atoms with E-state index in [0.29, 0.717) is 10.9 Å². The van der Waals surface area contributed by atoms with Gasteiger partial charge in [0.25, 0.3) is 0 Å². The van der Waals surface area contributed by atoms with Crippen molar-refractivity contribution in [2.24, 2.45) is 11.7 Å². The molecule has 2 heterocycles. The number of aromatic nitrogens is 2. The van der Waals surface area contributed by atoms with Crippen molar-refractivity contribution in [1.29, 1.82) is 0 Å². The molecule has 1 saturated heterocycles. The summed E-state index contributed by atoms with van der Waals surface area (Å²) in [7, 11) is 0. The molecule has 1 aromatic heterocycles. The molecule has 1 aliphatic heterocycles. The molecule has 0 spiro atoms. The second-order valence-electron chi connectivity index (χ2n) is 3.95. The molecular formula is C9H13ClN4OS. The normalized spacial score (nSPS) is 18.8. The summed E-state index contributed by atoms with van der Waals surface area (Å²) in [6, 6.07) is 0. The third-order valence-corrected chi connectivity index (χ3v) is 3.86. The number of nitrogens with zero attached hydrogens (tertiary/aromatic N) is 3. The van der Waals surface area contributed by atoms with Crippen LogP contribution in [0.3, 0.4) is 0 Å². The van der Waals surface area contributed by atoms with Crippen molar-refractivity contribution in [3.63, 3.8) is 0 Å². The fourth-order valence-electron chi connectivity index (χ4n) is 1.88. The minimum atomic E-state index is -0.187. The minimum absolute atomic E-state index is 0.0280. The molecule has 1 aromatic rings. The average Bonchev–Trinajstić information content (AvgIpc) is 2.65. The summed E-state index contributed by atoms with van der Waals surface area (Å²) in [5.74, 6) is -0.159. The van der Waals surface area contributed by atoms with Gasteiger partial charge >= 0.3 is 0 Å². The van der Waals surface area contributed by atoms with E-state index in [0.717, 1.165) is 31.6 Å². The van der Waals surface area contributed by atoms with Crippen LogP contribution in [0.1, 0.15) is 18.5 Å². The molecule has 88 valence electrons. The van der Waals surface area contributed by atoms with Crippen LogP contribution in [0.5, 0.6) is 0 Å². The van der Waals surface area contributed by atoms with E-state index < -0.39 is 0 Å². The largest absolute Gasteiger partial charge is 0.369 e. The quantitative estimate of drug-likeness (QED) is 0.876. The standard InChI is InChI=1S/C9H13ClN4OS/c10-8-7(12-13-16-8)5-14-3-1-6(2-4-14)9(11)15/h6H,1-5H2,(H2,11,15). The van der Waals surface area contributed by atoms with E-state index in [9.17, 15) is 4.79 Å². The highest BCUT2D eigenvalue weighted by Crippen LogP contribution is 2.22. The molecule has 7 heteroatoms. The number of likely N-dealkylation sites (tertiary alicyclic amines) is 1. The molecule has 16 heavy (non-hydrogen) atoms. The molecule has 5 nitrogen and oxygen atoms in total. The van der Waals surface area contributed by atoms with E-state index in [4.69, 9.17) is 17.3 Å². The fraction of sp³-hybridized carbons (Fsp3) is 0.667. The van der Waals surface area contributed by atoms with Crippen LogP contribution in [0.4, 0.5) is 0 Å². The van der Waals surface area contributed by atoms with Crippen molar-refractivity contribution in [2.75, 3.05) is 13.1 Å². The highest BCUT2D eigenvalue weighted by molar-refractivity contribution is 7.10. The van der Waals surface area contributed by atoms with E-state index >= 15 is 0 Å². The summed E-state index contributed by atoms with van der Waals surface area (Å²) in [5, 5.41) is 3.97. The molecule has 1 aliphatic rings. The van der Waals surface area contributed by atoms with Crippen molar-refractivity contribution in [3.05, 3.63) is 10.0 Å². The number of primary amides is 1. The van der Waals surface area contributed by atoms with Gasteiger partial charge in [0.2, 0.25) is 5.91 Å². The van der Waals surface area contributed by atoms with E-state index in [-0.39, 0.29) is 11.8 Å². The highest BCUT2D eigenvalue weighted by atomic mass is 35.5. The first-order chi connectivity index (χ1) is 7.66. The molecule has 0 aromatic carbocycles. The SMILES string of the molecule is NC(=O)C1CCN(Cc2nnsc2Cl)CC1. The molecule has 0 aliphatic carbocycles. The molecule has 0 bridgehead atoms. The number of piperidine rings is 1. The van der Waals surface area contributed by atoms with Crippen LogP contribution in [0.25, 0.3) is 0 Å². The molecule has 0 radical (unpaired) electrons.